The third-order valence-electron chi connectivity index (χ3n) is 3.23. The second kappa shape index (κ2) is 7.22. The number of rotatable bonds is 6. The number of benzene rings is 2. The number of nitrogens with zero attached hydrogens (tertiary/aromatic N) is 3. The summed E-state index contributed by atoms with van der Waals surface area (Å²) in [5.41, 5.74) is 1.37. The van der Waals surface area contributed by atoms with Gasteiger partial charge in [0.1, 0.15) is 5.82 Å². The minimum Gasteiger partial charge on any atom is -0.416 e. The zero-order chi connectivity index (χ0) is 16.9. The molecule has 8 heteroatoms. The quantitative estimate of drug-likeness (QED) is 0.381. The predicted molar refractivity (Wildman–Crippen MR) is 86.2 cm³/mol. The molecular formula is C16H12FN3O3S. The minimum atomic E-state index is -0.418. The summed E-state index contributed by atoms with van der Waals surface area (Å²) in [4.78, 5) is 10.6. The number of nitro benzene ring substituents is 1. The molecule has 0 saturated heterocycles. The van der Waals surface area contributed by atoms with Gasteiger partial charge >= 0.3 is 0 Å². The third kappa shape index (κ3) is 3.96. The molecule has 0 radical (unpaired) electrons. The van der Waals surface area contributed by atoms with Crippen LogP contribution < -0.4 is 0 Å². The zero-order valence-electron chi connectivity index (χ0n) is 12.4. The summed E-state index contributed by atoms with van der Waals surface area (Å²) in [6.45, 7) is 0. The molecule has 0 unspecified atom stereocenters. The first-order valence-corrected chi connectivity index (χ1v) is 8.02. The van der Waals surface area contributed by atoms with Crippen molar-refractivity contribution < 1.29 is 13.7 Å². The third-order valence-corrected chi connectivity index (χ3v) is 4.10. The van der Waals surface area contributed by atoms with E-state index in [9.17, 15) is 14.5 Å². The van der Waals surface area contributed by atoms with Gasteiger partial charge in [-0.05, 0) is 17.7 Å². The van der Waals surface area contributed by atoms with Gasteiger partial charge in [-0.3, -0.25) is 10.1 Å². The average molecular weight is 345 g/mol. The molecule has 0 saturated carbocycles. The summed E-state index contributed by atoms with van der Waals surface area (Å²) in [6, 6.07) is 12.7. The molecule has 0 fully saturated rings. The maximum absolute atomic E-state index is 13.2. The molecule has 6 nitrogen and oxygen atoms in total. The molecule has 3 rings (SSSR count). The fourth-order valence-corrected chi connectivity index (χ4v) is 2.92. The normalized spacial score (nSPS) is 10.7. The number of hydrogen-bond donors (Lipinski definition) is 0. The first-order chi connectivity index (χ1) is 11.6. The van der Waals surface area contributed by atoms with Crippen LogP contribution in [0.4, 0.5) is 10.1 Å². The highest BCUT2D eigenvalue weighted by molar-refractivity contribution is 7.98. The van der Waals surface area contributed by atoms with Gasteiger partial charge in [0.25, 0.3) is 10.9 Å². The average Bonchev–Trinajstić information content (AvgIpc) is 3.00. The summed E-state index contributed by atoms with van der Waals surface area (Å²) in [7, 11) is 0. The van der Waals surface area contributed by atoms with Gasteiger partial charge in [0.15, 0.2) is 0 Å². The van der Waals surface area contributed by atoms with Crippen molar-refractivity contribution in [3.05, 3.63) is 81.5 Å². The molecule has 0 aliphatic carbocycles. The van der Waals surface area contributed by atoms with Crippen LogP contribution in [0.25, 0.3) is 0 Å². The number of aromatic nitrogens is 2. The summed E-state index contributed by atoms with van der Waals surface area (Å²) in [6.07, 6.45) is 0.330. The second-order valence-corrected chi connectivity index (χ2v) is 5.87. The topological polar surface area (TPSA) is 82.1 Å². The fourth-order valence-electron chi connectivity index (χ4n) is 2.14. The Bertz CT molecular complexity index is 869. The first-order valence-electron chi connectivity index (χ1n) is 7.04. The smallest absolute Gasteiger partial charge is 0.276 e. The van der Waals surface area contributed by atoms with Gasteiger partial charge in [0.2, 0.25) is 5.89 Å². The second-order valence-electron chi connectivity index (χ2n) is 4.94. The first kappa shape index (κ1) is 16.1. The van der Waals surface area contributed by atoms with Gasteiger partial charge < -0.3 is 4.42 Å². The summed E-state index contributed by atoms with van der Waals surface area (Å²) in [5, 5.41) is 19.1. The highest BCUT2D eigenvalue weighted by atomic mass is 32.2. The Balaban J connectivity index is 1.66. The van der Waals surface area contributed by atoms with E-state index in [2.05, 4.69) is 10.2 Å². The molecule has 0 aliphatic heterocycles. The molecule has 24 heavy (non-hydrogen) atoms. The molecule has 0 amide bonds. The minimum absolute atomic E-state index is 0.0597. The van der Waals surface area contributed by atoms with E-state index in [0.717, 1.165) is 5.56 Å². The molecule has 0 spiro atoms. The summed E-state index contributed by atoms with van der Waals surface area (Å²) in [5.74, 6) is 0.391. The van der Waals surface area contributed by atoms with Crippen molar-refractivity contribution >= 4 is 17.4 Å². The fraction of sp³-hybridized carbons (Fsp3) is 0.125. The molecule has 0 N–H and O–H groups in total. The Labute approximate surface area is 140 Å². The van der Waals surface area contributed by atoms with Gasteiger partial charge in [0.05, 0.1) is 11.3 Å². The van der Waals surface area contributed by atoms with Crippen LogP contribution in [0.1, 0.15) is 17.0 Å². The Morgan fingerprint density at radius 3 is 2.79 bits per heavy atom. The lowest BCUT2D eigenvalue weighted by Gasteiger charge is -2.00. The van der Waals surface area contributed by atoms with Crippen molar-refractivity contribution in [2.45, 2.75) is 17.4 Å². The highest BCUT2D eigenvalue weighted by Crippen LogP contribution is 2.27. The number of hydrogen-bond acceptors (Lipinski definition) is 6. The van der Waals surface area contributed by atoms with Crippen molar-refractivity contribution in [3.8, 4) is 0 Å². The van der Waals surface area contributed by atoms with Crippen LogP contribution >= 0.6 is 11.8 Å². The molecule has 0 atom stereocenters. The Hall–Kier alpha value is -2.74. The largest absolute Gasteiger partial charge is 0.416 e. The highest BCUT2D eigenvalue weighted by Gasteiger charge is 2.14. The lowest BCUT2D eigenvalue weighted by atomic mass is 10.1. The number of nitro groups is 1. The molecule has 122 valence electrons. The van der Waals surface area contributed by atoms with Gasteiger partial charge in [0, 0.05) is 17.4 Å². The van der Waals surface area contributed by atoms with Crippen LogP contribution in [-0.2, 0) is 12.2 Å². The van der Waals surface area contributed by atoms with Crippen LogP contribution in [0.2, 0.25) is 0 Å². The van der Waals surface area contributed by atoms with Crippen LogP contribution in [0, 0.1) is 15.9 Å². The van der Waals surface area contributed by atoms with Crippen molar-refractivity contribution in [2.75, 3.05) is 0 Å². The van der Waals surface area contributed by atoms with Crippen molar-refractivity contribution in [1.29, 1.82) is 0 Å². The lowest BCUT2D eigenvalue weighted by molar-refractivity contribution is -0.385. The zero-order valence-corrected chi connectivity index (χ0v) is 13.2. The van der Waals surface area contributed by atoms with Gasteiger partial charge in [-0.15, -0.1) is 10.2 Å². The standard InChI is InChI=1S/C16H12FN3O3S/c17-13-6-3-4-11(8-13)9-15-18-19-16(23-15)24-10-12-5-1-2-7-14(12)20(21)22/h1-8H,9-10H2. The van der Waals surface area contributed by atoms with E-state index in [1.165, 1.54) is 30.0 Å². The molecule has 2 aromatic carbocycles. The summed E-state index contributed by atoms with van der Waals surface area (Å²) < 4.78 is 18.7. The van der Waals surface area contributed by atoms with Crippen LogP contribution in [0.15, 0.2) is 58.2 Å². The van der Waals surface area contributed by atoms with Gasteiger partial charge in [-0.1, -0.05) is 42.1 Å². The molecule has 1 aromatic heterocycles. The van der Waals surface area contributed by atoms with Gasteiger partial charge in [-0.2, -0.15) is 0 Å². The van der Waals surface area contributed by atoms with E-state index < -0.39 is 4.92 Å². The van der Waals surface area contributed by atoms with Crippen molar-refractivity contribution in [1.82, 2.24) is 10.2 Å². The molecule has 1 heterocycles. The molecular weight excluding hydrogens is 333 g/mol. The summed E-state index contributed by atoms with van der Waals surface area (Å²) >= 11 is 1.22. The van der Waals surface area contributed by atoms with Crippen molar-refractivity contribution in [2.24, 2.45) is 0 Å². The van der Waals surface area contributed by atoms with E-state index in [0.29, 0.717) is 28.9 Å². The monoisotopic (exact) mass is 345 g/mol. The van der Waals surface area contributed by atoms with E-state index in [4.69, 9.17) is 4.42 Å². The maximum Gasteiger partial charge on any atom is 0.276 e. The van der Waals surface area contributed by atoms with E-state index in [1.54, 1.807) is 30.3 Å². The molecule has 3 aromatic rings. The number of thioether (sulfide) groups is 1. The van der Waals surface area contributed by atoms with Crippen LogP contribution in [0.3, 0.4) is 0 Å². The van der Waals surface area contributed by atoms with Crippen LogP contribution in [0.5, 0.6) is 0 Å². The molecule has 0 aliphatic rings. The number of para-hydroxylation sites is 1. The Kier molecular flexibility index (Phi) is 4.85. The number of halogens is 1. The van der Waals surface area contributed by atoms with E-state index in [-0.39, 0.29) is 11.5 Å². The van der Waals surface area contributed by atoms with Crippen molar-refractivity contribution in [3.63, 3.8) is 0 Å². The predicted octanol–water partition coefficient (Wildman–Crippen LogP) is 4.00. The lowest BCUT2D eigenvalue weighted by Crippen LogP contribution is -1.93. The van der Waals surface area contributed by atoms with E-state index in [1.807, 2.05) is 0 Å². The Morgan fingerprint density at radius 1 is 1.17 bits per heavy atom. The van der Waals surface area contributed by atoms with E-state index >= 15 is 0 Å². The SMILES string of the molecule is O=[N+]([O-])c1ccccc1CSc1nnc(Cc2cccc(F)c2)o1. The Morgan fingerprint density at radius 2 is 2.00 bits per heavy atom. The van der Waals surface area contributed by atoms with Gasteiger partial charge in [-0.25, -0.2) is 4.39 Å². The molecule has 0 bridgehead atoms. The maximum atomic E-state index is 13.2. The van der Waals surface area contributed by atoms with Crippen LogP contribution in [-0.4, -0.2) is 15.1 Å².